The van der Waals surface area contributed by atoms with Gasteiger partial charge in [0.1, 0.15) is 11.4 Å². The Bertz CT molecular complexity index is 589. The van der Waals surface area contributed by atoms with Gasteiger partial charge in [0.05, 0.1) is 11.1 Å². The molecular formula is C12H10N2O4. The lowest BCUT2D eigenvalue weighted by Gasteiger charge is -2.03. The lowest BCUT2D eigenvalue weighted by atomic mass is 10.3. The fraction of sp³-hybridized carbons (Fsp3) is 0.0833. The van der Waals surface area contributed by atoms with E-state index >= 15 is 0 Å². The van der Waals surface area contributed by atoms with Gasteiger partial charge in [-0.25, -0.2) is 4.79 Å². The summed E-state index contributed by atoms with van der Waals surface area (Å²) in [5.74, 6) is -0.233. The van der Waals surface area contributed by atoms with Gasteiger partial charge in [0.2, 0.25) is 0 Å². The Hall–Kier alpha value is -2.63. The number of ether oxygens (including phenoxy) is 1. The maximum Gasteiger partial charge on any atom is 0.360 e. The van der Waals surface area contributed by atoms with Gasteiger partial charge in [0.25, 0.3) is 5.69 Å². The molecule has 1 aromatic heterocycles. The van der Waals surface area contributed by atoms with Gasteiger partial charge in [-0.1, -0.05) is 18.2 Å². The molecule has 0 amide bonds. The molecule has 0 fully saturated rings. The van der Waals surface area contributed by atoms with Crippen LogP contribution in [0.15, 0.2) is 42.6 Å². The van der Waals surface area contributed by atoms with E-state index in [0.717, 1.165) is 0 Å². The number of nitro groups is 1. The molecule has 18 heavy (non-hydrogen) atoms. The normalized spacial score (nSPS) is 10.1. The summed E-state index contributed by atoms with van der Waals surface area (Å²) in [7, 11) is 1.55. The number of carbonyl (C=O) groups is 1. The van der Waals surface area contributed by atoms with Gasteiger partial charge in [0, 0.05) is 13.1 Å². The minimum absolute atomic E-state index is 0.130. The molecule has 0 unspecified atom stereocenters. The molecule has 0 N–H and O–H groups in total. The van der Waals surface area contributed by atoms with Crippen molar-refractivity contribution in [2.24, 2.45) is 7.05 Å². The third-order valence-electron chi connectivity index (χ3n) is 2.36. The maximum atomic E-state index is 11.8. The van der Waals surface area contributed by atoms with Crippen LogP contribution in [0, 0.1) is 10.1 Å². The number of hydrogen-bond acceptors (Lipinski definition) is 4. The first-order valence-corrected chi connectivity index (χ1v) is 5.16. The quantitative estimate of drug-likeness (QED) is 0.360. The first-order valence-electron chi connectivity index (χ1n) is 5.16. The third kappa shape index (κ3) is 2.37. The van der Waals surface area contributed by atoms with E-state index in [4.69, 9.17) is 4.74 Å². The first kappa shape index (κ1) is 11.8. The molecule has 0 atom stereocenters. The largest absolute Gasteiger partial charge is 0.422 e. The van der Waals surface area contributed by atoms with E-state index in [2.05, 4.69) is 0 Å². The van der Waals surface area contributed by atoms with Crippen molar-refractivity contribution in [3.05, 3.63) is 58.4 Å². The monoisotopic (exact) mass is 246 g/mol. The molecule has 0 aliphatic rings. The van der Waals surface area contributed by atoms with Crippen molar-refractivity contribution < 1.29 is 14.5 Å². The number of rotatable bonds is 3. The van der Waals surface area contributed by atoms with E-state index in [1.54, 1.807) is 37.4 Å². The molecule has 92 valence electrons. The summed E-state index contributed by atoms with van der Waals surface area (Å²) in [4.78, 5) is 21.8. The fourth-order valence-electron chi connectivity index (χ4n) is 1.50. The first-order chi connectivity index (χ1) is 8.58. The van der Waals surface area contributed by atoms with E-state index in [1.807, 2.05) is 0 Å². The van der Waals surface area contributed by atoms with E-state index in [1.165, 1.54) is 16.8 Å². The van der Waals surface area contributed by atoms with E-state index in [9.17, 15) is 14.9 Å². The Morgan fingerprint density at radius 3 is 2.56 bits per heavy atom. The minimum atomic E-state index is -0.628. The van der Waals surface area contributed by atoms with Crippen LogP contribution in [0.25, 0.3) is 0 Å². The smallest absolute Gasteiger partial charge is 0.360 e. The van der Waals surface area contributed by atoms with Gasteiger partial charge in [-0.15, -0.1) is 0 Å². The standard InChI is InChI=1S/C12H10N2O4/c1-13-8-9(14(16)17)7-11(13)12(15)18-10-5-3-2-4-6-10/h2-8H,1H3. The highest BCUT2D eigenvalue weighted by molar-refractivity contribution is 5.90. The predicted molar refractivity (Wildman–Crippen MR) is 63.5 cm³/mol. The van der Waals surface area contributed by atoms with Crippen molar-refractivity contribution in [2.45, 2.75) is 0 Å². The van der Waals surface area contributed by atoms with E-state index in [0.29, 0.717) is 5.75 Å². The lowest BCUT2D eigenvalue weighted by molar-refractivity contribution is -0.384. The maximum absolute atomic E-state index is 11.8. The van der Waals surface area contributed by atoms with Crippen molar-refractivity contribution in [1.82, 2.24) is 4.57 Å². The van der Waals surface area contributed by atoms with E-state index in [-0.39, 0.29) is 11.4 Å². The molecule has 0 bridgehead atoms. The van der Waals surface area contributed by atoms with Gasteiger partial charge in [-0.3, -0.25) is 10.1 Å². The Balaban J connectivity index is 2.22. The van der Waals surface area contributed by atoms with Crippen LogP contribution < -0.4 is 4.74 Å². The van der Waals surface area contributed by atoms with Gasteiger partial charge in [-0.2, -0.15) is 0 Å². The Morgan fingerprint density at radius 2 is 2.00 bits per heavy atom. The van der Waals surface area contributed by atoms with Crippen LogP contribution in [-0.2, 0) is 7.05 Å². The van der Waals surface area contributed by atoms with Crippen molar-refractivity contribution >= 4 is 11.7 Å². The molecule has 0 aliphatic heterocycles. The second-order valence-electron chi connectivity index (χ2n) is 3.65. The molecule has 2 rings (SSSR count). The van der Waals surface area contributed by atoms with Crippen molar-refractivity contribution in [3.8, 4) is 5.75 Å². The zero-order valence-electron chi connectivity index (χ0n) is 9.57. The third-order valence-corrected chi connectivity index (χ3v) is 2.36. The summed E-state index contributed by atoms with van der Waals surface area (Å²) in [5, 5.41) is 10.6. The topological polar surface area (TPSA) is 74.4 Å². The summed E-state index contributed by atoms with van der Waals surface area (Å²) in [6.07, 6.45) is 1.27. The number of aromatic nitrogens is 1. The van der Waals surface area contributed by atoms with Crippen LogP contribution in [-0.4, -0.2) is 15.5 Å². The van der Waals surface area contributed by atoms with Gasteiger partial charge < -0.3 is 9.30 Å². The number of aryl methyl sites for hydroxylation is 1. The SMILES string of the molecule is Cn1cc([N+](=O)[O-])cc1C(=O)Oc1ccccc1. The fourth-order valence-corrected chi connectivity index (χ4v) is 1.50. The molecule has 1 heterocycles. The number of benzene rings is 1. The molecule has 6 nitrogen and oxygen atoms in total. The number of esters is 1. The molecular weight excluding hydrogens is 236 g/mol. The molecule has 0 saturated heterocycles. The highest BCUT2D eigenvalue weighted by Gasteiger charge is 2.19. The molecule has 0 saturated carbocycles. The van der Waals surface area contributed by atoms with Gasteiger partial charge in [0.15, 0.2) is 0 Å². The lowest BCUT2D eigenvalue weighted by Crippen LogP contribution is -2.12. The number of nitrogens with zero attached hydrogens (tertiary/aromatic N) is 2. The Labute approximate surface area is 103 Å². The van der Waals surface area contributed by atoms with Crippen molar-refractivity contribution in [2.75, 3.05) is 0 Å². The number of carbonyl (C=O) groups excluding carboxylic acids is 1. The summed E-state index contributed by atoms with van der Waals surface area (Å²) in [6, 6.07) is 9.71. The molecule has 0 aliphatic carbocycles. The average Bonchev–Trinajstić information content (AvgIpc) is 2.73. The zero-order chi connectivity index (χ0) is 13.1. The highest BCUT2D eigenvalue weighted by Crippen LogP contribution is 2.17. The van der Waals surface area contributed by atoms with E-state index < -0.39 is 10.9 Å². The molecule has 0 radical (unpaired) electrons. The molecule has 1 aromatic carbocycles. The highest BCUT2D eigenvalue weighted by atomic mass is 16.6. The Kier molecular flexibility index (Phi) is 3.09. The van der Waals surface area contributed by atoms with Crippen LogP contribution in [0.4, 0.5) is 5.69 Å². The second-order valence-corrected chi connectivity index (χ2v) is 3.65. The minimum Gasteiger partial charge on any atom is -0.422 e. The average molecular weight is 246 g/mol. The zero-order valence-corrected chi connectivity index (χ0v) is 9.57. The summed E-state index contributed by atoms with van der Waals surface area (Å²) >= 11 is 0. The van der Waals surface area contributed by atoms with Crippen LogP contribution in [0.5, 0.6) is 5.75 Å². The molecule has 2 aromatic rings. The number of hydrogen-bond donors (Lipinski definition) is 0. The molecule has 0 spiro atoms. The Morgan fingerprint density at radius 1 is 1.33 bits per heavy atom. The van der Waals surface area contributed by atoms with Crippen LogP contribution in [0.2, 0.25) is 0 Å². The van der Waals surface area contributed by atoms with Crippen LogP contribution in [0.1, 0.15) is 10.5 Å². The van der Waals surface area contributed by atoms with Gasteiger partial charge in [-0.05, 0) is 12.1 Å². The predicted octanol–water partition coefficient (Wildman–Crippen LogP) is 2.15. The second kappa shape index (κ2) is 4.70. The van der Waals surface area contributed by atoms with Crippen LogP contribution >= 0.6 is 0 Å². The summed E-state index contributed by atoms with van der Waals surface area (Å²) < 4.78 is 6.46. The van der Waals surface area contributed by atoms with Gasteiger partial charge >= 0.3 is 5.97 Å². The van der Waals surface area contributed by atoms with Crippen molar-refractivity contribution in [1.29, 1.82) is 0 Å². The summed E-state index contributed by atoms with van der Waals surface area (Å²) in [6.45, 7) is 0. The molecule has 6 heteroatoms. The number of para-hydroxylation sites is 1. The summed E-state index contributed by atoms with van der Waals surface area (Å²) in [5.41, 5.74) is -0.0111. The van der Waals surface area contributed by atoms with Crippen LogP contribution in [0.3, 0.4) is 0 Å². The van der Waals surface area contributed by atoms with Crippen molar-refractivity contribution in [3.63, 3.8) is 0 Å².